The number of carbonyl (C=O) groups is 1. The van der Waals surface area contributed by atoms with Crippen LogP contribution in [0.15, 0.2) is 72.9 Å². The molecule has 0 bridgehead atoms. The molecule has 1 heterocycles. The lowest BCUT2D eigenvalue weighted by Crippen LogP contribution is -2.12. The van der Waals surface area contributed by atoms with Crippen molar-refractivity contribution in [3.05, 3.63) is 90.0 Å². The zero-order chi connectivity index (χ0) is 16.8. The minimum atomic E-state index is -0.403. The Morgan fingerprint density at radius 2 is 1.88 bits per heavy atom. The predicted octanol–water partition coefficient (Wildman–Crippen LogP) is 4.05. The molecule has 1 aromatic heterocycles. The fraction of sp³-hybridized carbons (Fsp3) is 0.0526. The monoisotopic (exact) mass is 322 g/mol. The first-order valence-electron chi connectivity index (χ1n) is 7.40. The largest absolute Gasteiger partial charge is 0.487 e. The maximum absolute atomic E-state index is 13.1. The Morgan fingerprint density at radius 1 is 1.04 bits per heavy atom. The maximum Gasteiger partial charge on any atom is 0.257 e. The summed E-state index contributed by atoms with van der Waals surface area (Å²) >= 11 is 0. The van der Waals surface area contributed by atoms with Gasteiger partial charge in [0.05, 0.1) is 11.3 Å². The van der Waals surface area contributed by atoms with Crippen molar-refractivity contribution in [3.8, 4) is 5.75 Å². The number of pyridine rings is 1. The van der Waals surface area contributed by atoms with E-state index >= 15 is 0 Å². The van der Waals surface area contributed by atoms with Crippen molar-refractivity contribution in [1.82, 2.24) is 4.98 Å². The minimum Gasteiger partial charge on any atom is -0.487 e. The fourth-order valence-electron chi connectivity index (χ4n) is 2.09. The van der Waals surface area contributed by atoms with Crippen molar-refractivity contribution >= 4 is 11.6 Å². The average Bonchev–Trinajstić information content (AvgIpc) is 2.61. The second kappa shape index (κ2) is 7.37. The molecular formula is C19H15FN2O2. The highest BCUT2D eigenvalue weighted by atomic mass is 19.1. The number of para-hydroxylation sites is 1. The van der Waals surface area contributed by atoms with E-state index < -0.39 is 5.82 Å². The Bertz CT molecular complexity index is 820. The van der Waals surface area contributed by atoms with Gasteiger partial charge in [-0.25, -0.2) is 4.39 Å². The molecular weight excluding hydrogens is 307 g/mol. The number of rotatable bonds is 5. The highest BCUT2D eigenvalue weighted by molar-refractivity contribution is 6.04. The molecule has 24 heavy (non-hydrogen) atoms. The van der Waals surface area contributed by atoms with E-state index in [4.69, 9.17) is 4.74 Å². The molecule has 0 aliphatic carbocycles. The number of ether oxygens (including phenoxy) is 1. The molecule has 2 aromatic carbocycles. The lowest BCUT2D eigenvalue weighted by atomic mass is 10.2. The van der Waals surface area contributed by atoms with Crippen molar-refractivity contribution in [2.24, 2.45) is 0 Å². The zero-order valence-electron chi connectivity index (χ0n) is 12.8. The normalized spacial score (nSPS) is 10.2. The van der Waals surface area contributed by atoms with E-state index in [9.17, 15) is 9.18 Å². The van der Waals surface area contributed by atoms with Crippen LogP contribution in [0.3, 0.4) is 0 Å². The third-order valence-corrected chi connectivity index (χ3v) is 3.30. The number of carbonyl (C=O) groups excluding carboxylic acids is 1. The van der Waals surface area contributed by atoms with Crippen molar-refractivity contribution in [1.29, 1.82) is 0 Å². The fourth-order valence-corrected chi connectivity index (χ4v) is 2.09. The van der Waals surface area contributed by atoms with Crippen LogP contribution in [-0.2, 0) is 6.61 Å². The highest BCUT2D eigenvalue weighted by Gasteiger charge is 2.07. The molecule has 0 spiro atoms. The Labute approximate surface area is 138 Å². The van der Waals surface area contributed by atoms with E-state index in [-0.39, 0.29) is 5.91 Å². The average molecular weight is 322 g/mol. The first-order valence-corrected chi connectivity index (χ1v) is 7.40. The Morgan fingerprint density at radius 3 is 2.58 bits per heavy atom. The summed E-state index contributed by atoms with van der Waals surface area (Å²) in [7, 11) is 0. The number of nitrogens with one attached hydrogen (secondary N) is 1. The summed E-state index contributed by atoms with van der Waals surface area (Å²) in [6.07, 6.45) is 1.47. The van der Waals surface area contributed by atoms with Gasteiger partial charge < -0.3 is 10.1 Å². The molecule has 0 saturated carbocycles. The topological polar surface area (TPSA) is 51.2 Å². The Kier molecular flexibility index (Phi) is 4.81. The molecule has 1 amide bonds. The van der Waals surface area contributed by atoms with Crippen LogP contribution in [0.1, 0.15) is 16.1 Å². The molecule has 5 heteroatoms. The van der Waals surface area contributed by atoms with Crippen molar-refractivity contribution in [2.45, 2.75) is 6.61 Å². The van der Waals surface area contributed by atoms with E-state index in [0.717, 1.165) is 5.75 Å². The summed E-state index contributed by atoms with van der Waals surface area (Å²) in [5.41, 5.74) is 1.50. The Balaban J connectivity index is 1.60. The van der Waals surface area contributed by atoms with E-state index in [0.29, 0.717) is 23.6 Å². The van der Waals surface area contributed by atoms with Crippen molar-refractivity contribution in [3.63, 3.8) is 0 Å². The molecule has 3 rings (SSSR count). The van der Waals surface area contributed by atoms with Gasteiger partial charge in [0.25, 0.3) is 5.91 Å². The third kappa shape index (κ3) is 4.16. The lowest BCUT2D eigenvalue weighted by molar-refractivity contribution is 0.102. The number of nitrogens with zero attached hydrogens (tertiary/aromatic N) is 1. The van der Waals surface area contributed by atoms with Gasteiger partial charge in [-0.2, -0.15) is 0 Å². The molecule has 3 aromatic rings. The first kappa shape index (κ1) is 15.7. The molecule has 0 aliphatic heterocycles. The molecule has 0 aliphatic rings. The summed E-state index contributed by atoms with van der Waals surface area (Å²) in [6, 6.07) is 18.5. The molecule has 0 saturated heterocycles. The van der Waals surface area contributed by atoms with Gasteiger partial charge in [-0.05, 0) is 42.5 Å². The number of benzene rings is 2. The number of anilines is 1. The number of amides is 1. The first-order chi connectivity index (χ1) is 11.7. The van der Waals surface area contributed by atoms with Gasteiger partial charge in [-0.15, -0.1) is 0 Å². The van der Waals surface area contributed by atoms with Gasteiger partial charge >= 0.3 is 0 Å². The van der Waals surface area contributed by atoms with Crippen LogP contribution in [0.25, 0.3) is 0 Å². The van der Waals surface area contributed by atoms with Crippen LogP contribution in [0, 0.1) is 5.82 Å². The summed E-state index contributed by atoms with van der Waals surface area (Å²) in [5, 5.41) is 2.63. The second-order valence-electron chi connectivity index (χ2n) is 5.10. The van der Waals surface area contributed by atoms with Gasteiger partial charge in [0.1, 0.15) is 18.2 Å². The summed E-state index contributed by atoms with van der Waals surface area (Å²) in [4.78, 5) is 16.3. The number of aromatic nitrogens is 1. The van der Waals surface area contributed by atoms with E-state index in [1.165, 1.54) is 24.4 Å². The van der Waals surface area contributed by atoms with Gasteiger partial charge in [-0.3, -0.25) is 9.78 Å². The summed E-state index contributed by atoms with van der Waals surface area (Å²) < 4.78 is 18.7. The number of hydrogen-bond acceptors (Lipinski definition) is 3. The SMILES string of the molecule is O=C(Nc1cccc(F)c1)c1ccc(COc2ccccc2)nc1. The molecule has 4 nitrogen and oxygen atoms in total. The van der Waals surface area contributed by atoms with Crippen LogP contribution in [-0.4, -0.2) is 10.9 Å². The van der Waals surface area contributed by atoms with Gasteiger partial charge in [0.15, 0.2) is 0 Å². The quantitative estimate of drug-likeness (QED) is 0.771. The lowest BCUT2D eigenvalue weighted by Gasteiger charge is -2.07. The van der Waals surface area contributed by atoms with Crippen LogP contribution < -0.4 is 10.1 Å². The predicted molar refractivity (Wildman–Crippen MR) is 89.4 cm³/mol. The maximum atomic E-state index is 13.1. The van der Waals surface area contributed by atoms with E-state index in [1.54, 1.807) is 18.2 Å². The molecule has 0 fully saturated rings. The smallest absolute Gasteiger partial charge is 0.257 e. The van der Waals surface area contributed by atoms with Gasteiger partial charge in [0.2, 0.25) is 0 Å². The molecule has 120 valence electrons. The number of halogens is 1. The zero-order valence-corrected chi connectivity index (χ0v) is 12.8. The molecule has 0 radical (unpaired) electrons. The van der Waals surface area contributed by atoms with Gasteiger partial charge in [0, 0.05) is 11.9 Å². The van der Waals surface area contributed by atoms with Gasteiger partial charge in [-0.1, -0.05) is 24.3 Å². The summed E-state index contributed by atoms with van der Waals surface area (Å²) in [5.74, 6) is 0.00943. The molecule has 1 N–H and O–H groups in total. The second-order valence-corrected chi connectivity index (χ2v) is 5.10. The van der Waals surface area contributed by atoms with Crippen molar-refractivity contribution < 1.29 is 13.9 Å². The van der Waals surface area contributed by atoms with Crippen molar-refractivity contribution in [2.75, 3.05) is 5.32 Å². The summed E-state index contributed by atoms with van der Waals surface area (Å²) in [6.45, 7) is 0.315. The standard InChI is InChI=1S/C19H15FN2O2/c20-15-5-4-6-16(11-15)22-19(23)14-9-10-17(21-12-14)13-24-18-7-2-1-3-8-18/h1-12H,13H2,(H,22,23). The molecule has 0 atom stereocenters. The molecule has 0 unspecified atom stereocenters. The van der Waals surface area contributed by atoms with E-state index in [2.05, 4.69) is 10.3 Å². The third-order valence-electron chi connectivity index (χ3n) is 3.30. The minimum absolute atomic E-state index is 0.315. The van der Waals surface area contributed by atoms with Crippen LogP contribution in [0.5, 0.6) is 5.75 Å². The van der Waals surface area contributed by atoms with Crippen LogP contribution in [0.2, 0.25) is 0 Å². The van der Waals surface area contributed by atoms with Crippen LogP contribution >= 0.6 is 0 Å². The highest BCUT2D eigenvalue weighted by Crippen LogP contribution is 2.13. The number of hydrogen-bond donors (Lipinski definition) is 1. The Hall–Kier alpha value is -3.21. The van der Waals surface area contributed by atoms with Crippen LogP contribution in [0.4, 0.5) is 10.1 Å². The van der Waals surface area contributed by atoms with E-state index in [1.807, 2.05) is 30.3 Å².